The van der Waals surface area contributed by atoms with Crippen LogP contribution >= 0.6 is 0 Å². The minimum absolute atomic E-state index is 0.0535. The lowest BCUT2D eigenvalue weighted by Gasteiger charge is -2.27. The second-order valence-corrected chi connectivity index (χ2v) is 6.29. The summed E-state index contributed by atoms with van der Waals surface area (Å²) in [5.41, 5.74) is 8.22. The number of fused-ring (bicyclic) bond motifs is 1. The summed E-state index contributed by atoms with van der Waals surface area (Å²) in [5, 5.41) is 0. The highest BCUT2D eigenvalue weighted by atomic mass is 16.2. The highest BCUT2D eigenvalue weighted by molar-refractivity contribution is 5.82. The van der Waals surface area contributed by atoms with Crippen molar-refractivity contribution in [3.05, 3.63) is 30.1 Å². The molecule has 5 nitrogen and oxygen atoms in total. The molecule has 2 atom stereocenters. The molecule has 0 spiro atoms. The van der Waals surface area contributed by atoms with E-state index in [1.54, 1.807) is 0 Å². The van der Waals surface area contributed by atoms with Gasteiger partial charge in [-0.15, -0.1) is 0 Å². The standard InChI is InChI=1S/C18H26N4O/c1-3-8-13(19)18(23)22-12-7-11-16(22)17-20-14-9-5-6-10-15(14)21(17)4-2/h5-6,9-10,13,16H,3-4,7-8,11-12,19H2,1-2H3. The Hall–Kier alpha value is -1.88. The normalized spacial score (nSPS) is 19.4. The van der Waals surface area contributed by atoms with Gasteiger partial charge in [0.25, 0.3) is 0 Å². The van der Waals surface area contributed by atoms with Gasteiger partial charge in [-0.2, -0.15) is 0 Å². The van der Waals surface area contributed by atoms with Gasteiger partial charge < -0.3 is 15.2 Å². The van der Waals surface area contributed by atoms with Crippen LogP contribution in [0.2, 0.25) is 0 Å². The number of likely N-dealkylation sites (tertiary alicyclic amines) is 1. The summed E-state index contributed by atoms with van der Waals surface area (Å²) in [6.07, 6.45) is 3.65. The van der Waals surface area contributed by atoms with E-state index in [1.807, 2.05) is 23.1 Å². The van der Waals surface area contributed by atoms with Crippen LogP contribution in [-0.2, 0) is 11.3 Å². The number of carbonyl (C=O) groups is 1. The summed E-state index contributed by atoms with van der Waals surface area (Å²) in [6, 6.07) is 7.84. The molecule has 23 heavy (non-hydrogen) atoms. The third kappa shape index (κ3) is 2.85. The van der Waals surface area contributed by atoms with Crippen LogP contribution < -0.4 is 5.73 Å². The SMILES string of the molecule is CCCC(N)C(=O)N1CCCC1c1nc2ccccc2n1CC. The molecule has 0 radical (unpaired) electrons. The van der Waals surface area contributed by atoms with Crippen LogP contribution in [-0.4, -0.2) is 32.9 Å². The van der Waals surface area contributed by atoms with E-state index in [4.69, 9.17) is 10.7 Å². The van der Waals surface area contributed by atoms with E-state index >= 15 is 0 Å². The van der Waals surface area contributed by atoms with Crippen LogP contribution in [0.3, 0.4) is 0 Å². The number of benzene rings is 1. The maximum atomic E-state index is 12.7. The van der Waals surface area contributed by atoms with Gasteiger partial charge in [0.05, 0.1) is 23.1 Å². The highest BCUT2D eigenvalue weighted by Crippen LogP contribution is 2.33. The summed E-state index contributed by atoms with van der Waals surface area (Å²) >= 11 is 0. The zero-order chi connectivity index (χ0) is 16.4. The number of aromatic nitrogens is 2. The number of para-hydroxylation sites is 2. The number of hydrogen-bond acceptors (Lipinski definition) is 3. The number of nitrogens with two attached hydrogens (primary N) is 1. The third-order valence-corrected chi connectivity index (χ3v) is 4.75. The van der Waals surface area contributed by atoms with Crippen molar-refractivity contribution < 1.29 is 4.79 Å². The van der Waals surface area contributed by atoms with Gasteiger partial charge in [-0.3, -0.25) is 4.79 Å². The lowest BCUT2D eigenvalue weighted by Crippen LogP contribution is -2.43. The first-order valence-corrected chi connectivity index (χ1v) is 8.68. The number of imidazole rings is 1. The first kappa shape index (κ1) is 16.0. The van der Waals surface area contributed by atoms with Crippen molar-refractivity contribution in [1.82, 2.24) is 14.5 Å². The van der Waals surface area contributed by atoms with E-state index in [9.17, 15) is 4.79 Å². The molecule has 3 rings (SSSR count). The quantitative estimate of drug-likeness (QED) is 0.923. The number of amides is 1. The number of aryl methyl sites for hydroxylation is 1. The fourth-order valence-electron chi connectivity index (χ4n) is 3.63. The molecule has 1 aromatic heterocycles. The van der Waals surface area contributed by atoms with Crippen molar-refractivity contribution in [3.63, 3.8) is 0 Å². The molecule has 2 N–H and O–H groups in total. The number of carbonyl (C=O) groups excluding carboxylic acids is 1. The second-order valence-electron chi connectivity index (χ2n) is 6.29. The Kier molecular flexibility index (Phi) is 4.66. The second kappa shape index (κ2) is 6.71. The van der Waals surface area contributed by atoms with Crippen LogP contribution in [0, 0.1) is 0 Å². The monoisotopic (exact) mass is 314 g/mol. The van der Waals surface area contributed by atoms with Gasteiger partial charge in [-0.25, -0.2) is 4.98 Å². The van der Waals surface area contributed by atoms with Crippen molar-refractivity contribution in [2.45, 2.75) is 58.2 Å². The molecule has 0 aliphatic carbocycles. The molecule has 2 heterocycles. The highest BCUT2D eigenvalue weighted by Gasteiger charge is 2.35. The molecule has 1 aliphatic heterocycles. The fraction of sp³-hybridized carbons (Fsp3) is 0.556. The molecule has 1 aliphatic rings. The predicted molar refractivity (Wildman–Crippen MR) is 92.0 cm³/mol. The molecule has 1 aromatic carbocycles. The minimum Gasteiger partial charge on any atom is -0.331 e. The molecule has 5 heteroatoms. The molecule has 0 bridgehead atoms. The van der Waals surface area contributed by atoms with E-state index < -0.39 is 0 Å². The smallest absolute Gasteiger partial charge is 0.240 e. The number of hydrogen-bond donors (Lipinski definition) is 1. The van der Waals surface area contributed by atoms with Crippen LogP contribution in [0.5, 0.6) is 0 Å². The molecule has 2 aromatic rings. The average molecular weight is 314 g/mol. The van der Waals surface area contributed by atoms with Crippen molar-refractivity contribution in [1.29, 1.82) is 0 Å². The first-order valence-electron chi connectivity index (χ1n) is 8.68. The van der Waals surface area contributed by atoms with Crippen molar-refractivity contribution in [3.8, 4) is 0 Å². The Bertz CT molecular complexity index is 693. The van der Waals surface area contributed by atoms with E-state index in [0.717, 1.165) is 55.6 Å². The van der Waals surface area contributed by atoms with Gasteiger partial charge in [0.1, 0.15) is 5.82 Å². The zero-order valence-corrected chi connectivity index (χ0v) is 14.0. The summed E-state index contributed by atoms with van der Waals surface area (Å²) in [4.78, 5) is 19.5. The zero-order valence-electron chi connectivity index (χ0n) is 14.0. The third-order valence-electron chi connectivity index (χ3n) is 4.75. The molecule has 1 amide bonds. The van der Waals surface area contributed by atoms with Gasteiger partial charge in [0, 0.05) is 13.1 Å². The van der Waals surface area contributed by atoms with Crippen LogP contribution in [0.1, 0.15) is 51.4 Å². The number of nitrogens with zero attached hydrogens (tertiary/aromatic N) is 3. The average Bonchev–Trinajstić information content (AvgIpc) is 3.17. The molecule has 0 saturated carbocycles. The molecule has 124 valence electrons. The topological polar surface area (TPSA) is 64.2 Å². The molecule has 1 fully saturated rings. The van der Waals surface area contributed by atoms with Gasteiger partial charge in [0.2, 0.25) is 5.91 Å². The van der Waals surface area contributed by atoms with E-state index in [1.165, 1.54) is 0 Å². The fourth-order valence-corrected chi connectivity index (χ4v) is 3.63. The van der Waals surface area contributed by atoms with E-state index in [-0.39, 0.29) is 18.0 Å². The minimum atomic E-state index is -0.389. The molecule has 2 unspecified atom stereocenters. The van der Waals surface area contributed by atoms with Crippen LogP contribution in [0.4, 0.5) is 0 Å². The Balaban J connectivity index is 1.95. The lowest BCUT2D eigenvalue weighted by atomic mass is 10.1. The molecular weight excluding hydrogens is 288 g/mol. The Morgan fingerprint density at radius 1 is 1.39 bits per heavy atom. The van der Waals surface area contributed by atoms with Crippen molar-refractivity contribution >= 4 is 16.9 Å². The molecule has 1 saturated heterocycles. The van der Waals surface area contributed by atoms with Gasteiger partial charge in [-0.05, 0) is 38.3 Å². The van der Waals surface area contributed by atoms with Gasteiger partial charge in [0.15, 0.2) is 0 Å². The summed E-state index contributed by atoms with van der Waals surface area (Å²) in [6.45, 7) is 5.83. The Morgan fingerprint density at radius 2 is 2.17 bits per heavy atom. The van der Waals surface area contributed by atoms with Crippen molar-refractivity contribution in [2.24, 2.45) is 5.73 Å². The van der Waals surface area contributed by atoms with Gasteiger partial charge in [-0.1, -0.05) is 25.5 Å². The first-order chi connectivity index (χ1) is 11.2. The lowest BCUT2D eigenvalue weighted by molar-refractivity contribution is -0.133. The summed E-state index contributed by atoms with van der Waals surface area (Å²) < 4.78 is 2.23. The molecular formula is C18H26N4O. The Morgan fingerprint density at radius 3 is 2.91 bits per heavy atom. The van der Waals surface area contributed by atoms with Gasteiger partial charge >= 0.3 is 0 Å². The predicted octanol–water partition coefficient (Wildman–Crippen LogP) is 2.85. The van der Waals surface area contributed by atoms with Crippen LogP contribution in [0.25, 0.3) is 11.0 Å². The maximum absolute atomic E-state index is 12.7. The van der Waals surface area contributed by atoms with Crippen LogP contribution in [0.15, 0.2) is 24.3 Å². The Labute approximate surface area is 137 Å². The maximum Gasteiger partial charge on any atom is 0.240 e. The summed E-state index contributed by atoms with van der Waals surface area (Å²) in [7, 11) is 0. The largest absolute Gasteiger partial charge is 0.331 e. The van der Waals surface area contributed by atoms with E-state index in [0.29, 0.717) is 0 Å². The number of rotatable bonds is 5. The van der Waals surface area contributed by atoms with E-state index in [2.05, 4.69) is 24.5 Å². The van der Waals surface area contributed by atoms with Crippen molar-refractivity contribution in [2.75, 3.05) is 6.54 Å². The summed E-state index contributed by atoms with van der Waals surface area (Å²) in [5.74, 6) is 1.08.